The minimum absolute atomic E-state index is 0.281. The van der Waals surface area contributed by atoms with Gasteiger partial charge in [0.15, 0.2) is 0 Å². The van der Waals surface area contributed by atoms with E-state index in [0.717, 1.165) is 5.56 Å². The van der Waals surface area contributed by atoms with Crippen molar-refractivity contribution < 1.29 is 4.39 Å². The van der Waals surface area contributed by atoms with Crippen LogP contribution in [-0.2, 0) is 6.54 Å². The Balaban J connectivity index is 2.25. The molecule has 1 aromatic heterocycles. The van der Waals surface area contributed by atoms with Gasteiger partial charge in [0.1, 0.15) is 17.7 Å². The van der Waals surface area contributed by atoms with Crippen molar-refractivity contribution in [3.8, 4) is 6.07 Å². The smallest absolute Gasteiger partial charge is 0.146 e. The van der Waals surface area contributed by atoms with Crippen LogP contribution in [0, 0.1) is 17.1 Å². The second-order valence-corrected chi connectivity index (χ2v) is 4.24. The van der Waals surface area contributed by atoms with E-state index in [2.05, 4.69) is 11.1 Å². The van der Waals surface area contributed by atoms with Crippen LogP contribution >= 0.6 is 0 Å². The van der Waals surface area contributed by atoms with E-state index in [0.29, 0.717) is 23.6 Å². The molecule has 0 radical (unpaired) electrons. The van der Waals surface area contributed by atoms with Crippen molar-refractivity contribution in [2.45, 2.75) is 6.54 Å². The molecule has 2 N–H and O–H groups in total. The average Bonchev–Trinajstić information content (AvgIpc) is 2.38. The van der Waals surface area contributed by atoms with Crippen molar-refractivity contribution in [2.75, 3.05) is 17.7 Å². The standard InChI is InChI=1S/C14H13FN4/c1-19(9-10-3-2-4-12(15)5-10)14-11(7-16)6-13(17)8-18-14/h2-6,8H,9,17H2,1H3. The van der Waals surface area contributed by atoms with E-state index in [-0.39, 0.29) is 5.82 Å². The summed E-state index contributed by atoms with van der Waals surface area (Å²) in [6, 6.07) is 9.96. The Hall–Kier alpha value is -2.61. The Morgan fingerprint density at radius 3 is 2.89 bits per heavy atom. The highest BCUT2D eigenvalue weighted by molar-refractivity contribution is 5.58. The normalized spacial score (nSPS) is 9.95. The van der Waals surface area contributed by atoms with Crippen molar-refractivity contribution in [3.05, 3.63) is 53.5 Å². The van der Waals surface area contributed by atoms with Crippen LogP contribution in [-0.4, -0.2) is 12.0 Å². The van der Waals surface area contributed by atoms with Crippen LogP contribution < -0.4 is 10.6 Å². The SMILES string of the molecule is CN(Cc1cccc(F)c1)c1ncc(N)cc1C#N. The molecule has 2 rings (SSSR count). The minimum Gasteiger partial charge on any atom is -0.397 e. The third kappa shape index (κ3) is 2.99. The Morgan fingerprint density at radius 1 is 1.42 bits per heavy atom. The number of nitriles is 1. The highest BCUT2D eigenvalue weighted by atomic mass is 19.1. The lowest BCUT2D eigenvalue weighted by molar-refractivity contribution is 0.625. The lowest BCUT2D eigenvalue weighted by Gasteiger charge is -2.19. The summed E-state index contributed by atoms with van der Waals surface area (Å²) >= 11 is 0. The average molecular weight is 256 g/mol. The maximum Gasteiger partial charge on any atom is 0.146 e. The van der Waals surface area contributed by atoms with Gasteiger partial charge < -0.3 is 10.6 Å². The topological polar surface area (TPSA) is 65.9 Å². The molecule has 0 aliphatic carbocycles. The van der Waals surface area contributed by atoms with Gasteiger partial charge in [-0.25, -0.2) is 9.37 Å². The number of pyridine rings is 1. The van der Waals surface area contributed by atoms with E-state index in [1.807, 2.05) is 6.07 Å². The second-order valence-electron chi connectivity index (χ2n) is 4.24. The molecule has 4 nitrogen and oxygen atoms in total. The molecule has 0 spiro atoms. The first-order valence-electron chi connectivity index (χ1n) is 5.71. The number of benzene rings is 1. The zero-order valence-corrected chi connectivity index (χ0v) is 10.5. The van der Waals surface area contributed by atoms with Gasteiger partial charge in [-0.1, -0.05) is 12.1 Å². The van der Waals surface area contributed by atoms with Crippen LogP contribution in [0.4, 0.5) is 15.9 Å². The van der Waals surface area contributed by atoms with Crippen LogP contribution in [0.2, 0.25) is 0 Å². The van der Waals surface area contributed by atoms with Crippen molar-refractivity contribution >= 4 is 11.5 Å². The molecule has 0 fully saturated rings. The van der Waals surface area contributed by atoms with Gasteiger partial charge in [-0.15, -0.1) is 0 Å². The molecule has 0 saturated heterocycles. The first-order chi connectivity index (χ1) is 9.10. The van der Waals surface area contributed by atoms with Gasteiger partial charge in [-0.05, 0) is 23.8 Å². The van der Waals surface area contributed by atoms with E-state index in [9.17, 15) is 4.39 Å². The predicted octanol–water partition coefficient (Wildman–Crippen LogP) is 2.31. The van der Waals surface area contributed by atoms with Crippen molar-refractivity contribution in [1.82, 2.24) is 4.98 Å². The zero-order chi connectivity index (χ0) is 13.8. The third-order valence-corrected chi connectivity index (χ3v) is 2.68. The summed E-state index contributed by atoms with van der Waals surface area (Å²) in [5.74, 6) is 0.248. The first-order valence-corrected chi connectivity index (χ1v) is 5.71. The van der Waals surface area contributed by atoms with Crippen LogP contribution in [0.5, 0.6) is 0 Å². The monoisotopic (exact) mass is 256 g/mol. The van der Waals surface area contributed by atoms with Crippen LogP contribution in [0.1, 0.15) is 11.1 Å². The maximum atomic E-state index is 13.1. The molecule has 96 valence electrons. The van der Waals surface area contributed by atoms with Crippen molar-refractivity contribution in [3.63, 3.8) is 0 Å². The number of rotatable bonds is 3. The number of nitrogens with zero attached hydrogens (tertiary/aromatic N) is 3. The molecule has 0 amide bonds. The summed E-state index contributed by atoms with van der Waals surface area (Å²) in [6.45, 7) is 0.462. The molecule has 0 unspecified atom stereocenters. The lowest BCUT2D eigenvalue weighted by Crippen LogP contribution is -2.19. The fourth-order valence-corrected chi connectivity index (χ4v) is 1.84. The highest BCUT2D eigenvalue weighted by Crippen LogP contribution is 2.19. The molecule has 5 heteroatoms. The molecule has 0 aliphatic heterocycles. The van der Waals surface area contributed by atoms with Gasteiger partial charge in [-0.3, -0.25) is 0 Å². The molecule has 0 saturated carbocycles. The Bertz CT molecular complexity index is 634. The summed E-state index contributed by atoms with van der Waals surface area (Å²) in [4.78, 5) is 5.94. The lowest BCUT2D eigenvalue weighted by atomic mass is 10.2. The molecule has 0 atom stereocenters. The molecular weight excluding hydrogens is 243 g/mol. The van der Waals surface area contributed by atoms with E-state index in [1.165, 1.54) is 18.3 Å². The van der Waals surface area contributed by atoms with Gasteiger partial charge >= 0.3 is 0 Å². The van der Waals surface area contributed by atoms with Gasteiger partial charge in [-0.2, -0.15) is 5.26 Å². The third-order valence-electron chi connectivity index (χ3n) is 2.68. The minimum atomic E-state index is -0.281. The van der Waals surface area contributed by atoms with Gasteiger partial charge in [0.2, 0.25) is 0 Å². The van der Waals surface area contributed by atoms with Gasteiger partial charge in [0, 0.05) is 13.6 Å². The molecule has 1 heterocycles. The Kier molecular flexibility index (Phi) is 3.62. The fourth-order valence-electron chi connectivity index (χ4n) is 1.84. The van der Waals surface area contributed by atoms with E-state index < -0.39 is 0 Å². The molecular formula is C14H13FN4. The number of hydrogen-bond acceptors (Lipinski definition) is 4. The predicted molar refractivity (Wildman–Crippen MR) is 71.9 cm³/mol. The van der Waals surface area contributed by atoms with E-state index >= 15 is 0 Å². The number of anilines is 2. The van der Waals surface area contributed by atoms with Crippen LogP contribution in [0.25, 0.3) is 0 Å². The van der Waals surface area contributed by atoms with Crippen LogP contribution in [0.15, 0.2) is 36.5 Å². The van der Waals surface area contributed by atoms with Crippen molar-refractivity contribution in [1.29, 1.82) is 5.26 Å². The van der Waals surface area contributed by atoms with E-state index in [1.54, 1.807) is 24.1 Å². The number of nitrogen functional groups attached to an aromatic ring is 1. The largest absolute Gasteiger partial charge is 0.397 e. The Labute approximate surface area is 110 Å². The number of nitrogens with two attached hydrogens (primary N) is 1. The highest BCUT2D eigenvalue weighted by Gasteiger charge is 2.10. The molecule has 0 bridgehead atoms. The Morgan fingerprint density at radius 2 is 2.21 bits per heavy atom. The first kappa shape index (κ1) is 12.8. The number of hydrogen-bond donors (Lipinski definition) is 1. The van der Waals surface area contributed by atoms with Crippen LogP contribution in [0.3, 0.4) is 0 Å². The molecule has 19 heavy (non-hydrogen) atoms. The van der Waals surface area contributed by atoms with Crippen molar-refractivity contribution in [2.24, 2.45) is 0 Å². The summed E-state index contributed by atoms with van der Waals surface area (Å²) < 4.78 is 13.1. The quantitative estimate of drug-likeness (QED) is 0.915. The molecule has 2 aromatic rings. The molecule has 1 aromatic carbocycles. The maximum absolute atomic E-state index is 13.1. The molecule has 0 aliphatic rings. The van der Waals surface area contributed by atoms with E-state index in [4.69, 9.17) is 11.0 Å². The number of aromatic nitrogens is 1. The summed E-state index contributed by atoms with van der Waals surface area (Å²) in [6.07, 6.45) is 1.50. The fraction of sp³-hybridized carbons (Fsp3) is 0.143. The summed E-state index contributed by atoms with van der Waals surface area (Å²) in [5.41, 5.74) is 7.25. The summed E-state index contributed by atoms with van der Waals surface area (Å²) in [7, 11) is 1.80. The van der Waals surface area contributed by atoms with Gasteiger partial charge in [0.25, 0.3) is 0 Å². The van der Waals surface area contributed by atoms with Gasteiger partial charge in [0.05, 0.1) is 17.4 Å². The summed E-state index contributed by atoms with van der Waals surface area (Å²) in [5, 5.41) is 9.07. The number of halogens is 1. The second kappa shape index (κ2) is 5.36. The zero-order valence-electron chi connectivity index (χ0n) is 10.5.